The highest BCUT2D eigenvalue weighted by atomic mass is 32.2. The Morgan fingerprint density at radius 1 is 1.60 bits per heavy atom. The minimum atomic E-state index is 0.697. The van der Waals surface area contributed by atoms with Crippen LogP contribution in [0.15, 0.2) is 0 Å². The van der Waals surface area contributed by atoms with E-state index in [1.165, 1.54) is 0 Å². The molecule has 0 unspecified atom stereocenters. The Morgan fingerprint density at radius 3 is 3.10 bits per heavy atom. The number of H-pyrrole nitrogens is 1. The van der Waals surface area contributed by atoms with E-state index in [-0.39, 0.29) is 0 Å². The van der Waals surface area contributed by atoms with E-state index in [1.54, 1.807) is 11.8 Å². The lowest BCUT2D eigenvalue weighted by Crippen LogP contribution is -2.01. The Hall–Kier alpha value is -0.620. The fourth-order valence-corrected chi connectivity index (χ4v) is 1.11. The van der Waals surface area contributed by atoms with Crippen molar-refractivity contribution in [2.75, 3.05) is 12.3 Å². The summed E-state index contributed by atoms with van der Waals surface area (Å²) >= 11 is 1.70. The second kappa shape index (κ2) is 4.24. The van der Waals surface area contributed by atoms with Gasteiger partial charge in [-0.1, -0.05) is 5.21 Å². The Morgan fingerprint density at radius 2 is 2.50 bits per heavy atom. The third-order valence-corrected chi connectivity index (χ3v) is 1.87. The number of rotatable bonds is 4. The predicted octanol–water partition coefficient (Wildman–Crippen LogP) is -0.608. The second-order valence-electron chi connectivity index (χ2n) is 1.67. The predicted molar refractivity (Wildman–Crippen MR) is 39.4 cm³/mol. The van der Waals surface area contributed by atoms with Gasteiger partial charge in [0.25, 0.3) is 0 Å². The second-order valence-corrected chi connectivity index (χ2v) is 2.77. The third kappa shape index (κ3) is 2.32. The summed E-state index contributed by atoms with van der Waals surface area (Å²) in [6.07, 6.45) is 0. The standard InChI is InChI=1S/C4H9N5S/c5-1-2-10-3-4-6-8-9-7-4/h1-3,5H2,(H,6,7,8,9). The summed E-state index contributed by atoms with van der Waals surface area (Å²) < 4.78 is 0. The van der Waals surface area contributed by atoms with Crippen molar-refractivity contribution < 1.29 is 0 Å². The van der Waals surface area contributed by atoms with Gasteiger partial charge in [-0.05, 0) is 0 Å². The molecule has 0 aliphatic heterocycles. The molecule has 1 rings (SSSR count). The zero-order valence-electron chi connectivity index (χ0n) is 5.45. The van der Waals surface area contributed by atoms with E-state index < -0.39 is 0 Å². The molecule has 0 bridgehead atoms. The van der Waals surface area contributed by atoms with Crippen LogP contribution >= 0.6 is 11.8 Å². The number of tetrazole rings is 1. The number of nitrogens with zero attached hydrogens (tertiary/aromatic N) is 3. The quantitative estimate of drug-likeness (QED) is 0.573. The van der Waals surface area contributed by atoms with Gasteiger partial charge in [0.1, 0.15) is 0 Å². The van der Waals surface area contributed by atoms with Crippen molar-refractivity contribution in [1.82, 2.24) is 20.6 Å². The molecular weight excluding hydrogens is 150 g/mol. The molecule has 0 spiro atoms. The molecule has 0 fully saturated rings. The highest BCUT2D eigenvalue weighted by Crippen LogP contribution is 2.04. The summed E-state index contributed by atoms with van der Waals surface area (Å²) in [6, 6.07) is 0. The third-order valence-electron chi connectivity index (χ3n) is 0.883. The first-order chi connectivity index (χ1) is 4.93. The molecule has 6 heteroatoms. The molecule has 0 atom stereocenters. The Labute approximate surface area is 62.8 Å². The smallest absolute Gasteiger partial charge is 0.184 e. The molecule has 56 valence electrons. The van der Waals surface area contributed by atoms with Crippen LogP contribution in [0.1, 0.15) is 5.82 Å². The van der Waals surface area contributed by atoms with E-state index in [0.29, 0.717) is 6.54 Å². The number of nitrogens with one attached hydrogen (secondary N) is 1. The average molecular weight is 159 g/mol. The van der Waals surface area contributed by atoms with Crippen LogP contribution in [0.4, 0.5) is 0 Å². The molecule has 10 heavy (non-hydrogen) atoms. The molecule has 3 N–H and O–H groups in total. The van der Waals surface area contributed by atoms with Gasteiger partial charge in [-0.15, -0.1) is 10.2 Å². The minimum absolute atomic E-state index is 0.697. The van der Waals surface area contributed by atoms with Gasteiger partial charge in [0.05, 0.1) is 5.75 Å². The first-order valence-electron chi connectivity index (χ1n) is 2.93. The summed E-state index contributed by atoms with van der Waals surface area (Å²) in [4.78, 5) is 0. The molecule has 0 radical (unpaired) electrons. The molecule has 1 aromatic heterocycles. The topological polar surface area (TPSA) is 80.5 Å². The van der Waals surface area contributed by atoms with Crippen LogP contribution in [0, 0.1) is 0 Å². The molecule has 1 aromatic rings. The van der Waals surface area contributed by atoms with Gasteiger partial charge in [-0.3, -0.25) is 0 Å². The molecule has 0 aromatic carbocycles. The maximum atomic E-state index is 5.28. The fourth-order valence-electron chi connectivity index (χ4n) is 0.490. The largest absolute Gasteiger partial charge is 0.330 e. The lowest BCUT2D eigenvalue weighted by atomic mass is 10.7. The van der Waals surface area contributed by atoms with Crippen molar-refractivity contribution in [2.45, 2.75) is 5.75 Å². The van der Waals surface area contributed by atoms with Crippen molar-refractivity contribution >= 4 is 11.8 Å². The van der Waals surface area contributed by atoms with Crippen LogP contribution in [0.25, 0.3) is 0 Å². The van der Waals surface area contributed by atoms with Gasteiger partial charge in [0, 0.05) is 12.3 Å². The van der Waals surface area contributed by atoms with E-state index in [1.807, 2.05) is 0 Å². The molecule has 0 aliphatic carbocycles. The van der Waals surface area contributed by atoms with Crippen LogP contribution in [0.2, 0.25) is 0 Å². The van der Waals surface area contributed by atoms with Gasteiger partial charge < -0.3 is 5.73 Å². The first-order valence-corrected chi connectivity index (χ1v) is 4.09. The number of hydrogen-bond donors (Lipinski definition) is 2. The summed E-state index contributed by atoms with van der Waals surface area (Å²) in [6.45, 7) is 0.697. The Kier molecular flexibility index (Phi) is 3.17. The summed E-state index contributed by atoms with van der Waals surface area (Å²) in [5.41, 5.74) is 5.28. The van der Waals surface area contributed by atoms with Crippen molar-refractivity contribution in [2.24, 2.45) is 5.73 Å². The normalized spacial score (nSPS) is 10.1. The molecule has 1 heterocycles. The fraction of sp³-hybridized carbons (Fsp3) is 0.750. The van der Waals surface area contributed by atoms with Crippen LogP contribution < -0.4 is 5.73 Å². The molecular formula is C4H9N5S. The summed E-state index contributed by atoms with van der Waals surface area (Å²) in [5.74, 6) is 2.46. The average Bonchev–Trinajstić information content (AvgIpc) is 2.41. The van der Waals surface area contributed by atoms with E-state index in [2.05, 4.69) is 20.6 Å². The SMILES string of the molecule is NCCSCc1nn[nH]n1. The monoisotopic (exact) mass is 159 g/mol. The van der Waals surface area contributed by atoms with Crippen molar-refractivity contribution in [3.8, 4) is 0 Å². The number of nitrogens with two attached hydrogens (primary N) is 1. The van der Waals surface area contributed by atoms with Crippen LogP contribution in [0.3, 0.4) is 0 Å². The van der Waals surface area contributed by atoms with Gasteiger partial charge in [0.15, 0.2) is 5.82 Å². The van der Waals surface area contributed by atoms with E-state index in [0.717, 1.165) is 17.3 Å². The number of thioether (sulfide) groups is 1. The van der Waals surface area contributed by atoms with Gasteiger partial charge in [0.2, 0.25) is 0 Å². The molecule has 5 nitrogen and oxygen atoms in total. The van der Waals surface area contributed by atoms with Crippen LogP contribution in [-0.4, -0.2) is 32.9 Å². The van der Waals surface area contributed by atoms with Crippen LogP contribution in [0.5, 0.6) is 0 Å². The molecule has 0 aliphatic rings. The zero-order chi connectivity index (χ0) is 7.23. The summed E-state index contributed by atoms with van der Waals surface area (Å²) in [7, 11) is 0. The number of aromatic amines is 1. The maximum absolute atomic E-state index is 5.28. The van der Waals surface area contributed by atoms with E-state index in [4.69, 9.17) is 5.73 Å². The van der Waals surface area contributed by atoms with Crippen LogP contribution in [-0.2, 0) is 5.75 Å². The lowest BCUT2D eigenvalue weighted by Gasteiger charge is -1.91. The maximum Gasteiger partial charge on any atom is 0.184 e. The number of aromatic nitrogens is 4. The summed E-state index contributed by atoms with van der Waals surface area (Å²) in [5, 5.41) is 13.4. The molecule has 0 amide bonds. The van der Waals surface area contributed by atoms with Gasteiger partial charge >= 0.3 is 0 Å². The van der Waals surface area contributed by atoms with Gasteiger partial charge in [-0.2, -0.15) is 17.0 Å². The highest BCUT2D eigenvalue weighted by Gasteiger charge is 1.95. The minimum Gasteiger partial charge on any atom is -0.330 e. The zero-order valence-corrected chi connectivity index (χ0v) is 6.27. The van der Waals surface area contributed by atoms with E-state index in [9.17, 15) is 0 Å². The lowest BCUT2D eigenvalue weighted by molar-refractivity contribution is 0.881. The van der Waals surface area contributed by atoms with Crippen molar-refractivity contribution in [3.05, 3.63) is 5.82 Å². The van der Waals surface area contributed by atoms with Crippen molar-refractivity contribution in [1.29, 1.82) is 0 Å². The van der Waals surface area contributed by atoms with E-state index >= 15 is 0 Å². The molecule has 0 saturated heterocycles. The highest BCUT2D eigenvalue weighted by molar-refractivity contribution is 7.98. The van der Waals surface area contributed by atoms with Crippen molar-refractivity contribution in [3.63, 3.8) is 0 Å². The Bertz CT molecular complexity index is 162. The van der Waals surface area contributed by atoms with Gasteiger partial charge in [-0.25, -0.2) is 0 Å². The molecule has 0 saturated carbocycles. The Balaban J connectivity index is 2.15. The first kappa shape index (κ1) is 7.49. The number of hydrogen-bond acceptors (Lipinski definition) is 5.